The Balaban J connectivity index is 2.12. The van der Waals surface area contributed by atoms with Crippen molar-refractivity contribution in [2.75, 3.05) is 6.61 Å². The summed E-state index contributed by atoms with van der Waals surface area (Å²) in [5.41, 5.74) is 4.26. The number of benzene rings is 1. The highest BCUT2D eigenvalue weighted by Crippen LogP contribution is 2.44. The largest absolute Gasteiger partial charge is 0.493 e. The van der Waals surface area contributed by atoms with Crippen molar-refractivity contribution in [3.63, 3.8) is 0 Å². The van der Waals surface area contributed by atoms with Gasteiger partial charge in [0.1, 0.15) is 5.75 Å². The smallest absolute Gasteiger partial charge is 0.124 e. The van der Waals surface area contributed by atoms with Crippen LogP contribution in [0.1, 0.15) is 19.4 Å². The lowest BCUT2D eigenvalue weighted by Crippen LogP contribution is -2.45. The Labute approximate surface area is 89.3 Å². The lowest BCUT2D eigenvalue weighted by Gasteiger charge is -2.36. The molecular weight excluding hydrogens is 190 g/mol. The predicted molar refractivity (Wildman–Crippen MR) is 56.5 cm³/mol. The summed E-state index contributed by atoms with van der Waals surface area (Å²) in [5, 5.41) is 0. The second-order valence-electron chi connectivity index (χ2n) is 4.54. The fourth-order valence-electron chi connectivity index (χ4n) is 2.60. The Morgan fingerprint density at radius 1 is 1.40 bits per heavy atom. The first-order valence-electron chi connectivity index (χ1n) is 5.37. The molecular formula is C12H15NO2. The number of hydrogen-bond acceptors (Lipinski definition) is 3. The minimum absolute atomic E-state index is 0.103. The zero-order valence-electron chi connectivity index (χ0n) is 8.99. The van der Waals surface area contributed by atoms with Crippen LogP contribution in [0.4, 0.5) is 0 Å². The van der Waals surface area contributed by atoms with E-state index in [-0.39, 0.29) is 11.6 Å². The van der Waals surface area contributed by atoms with Crippen LogP contribution < -0.4 is 10.2 Å². The molecule has 15 heavy (non-hydrogen) atoms. The van der Waals surface area contributed by atoms with Crippen LogP contribution in [0.25, 0.3) is 0 Å². The summed E-state index contributed by atoms with van der Waals surface area (Å²) >= 11 is 0. The van der Waals surface area contributed by atoms with Gasteiger partial charge in [0.25, 0.3) is 0 Å². The van der Waals surface area contributed by atoms with Gasteiger partial charge in [-0.1, -0.05) is 18.2 Å². The summed E-state index contributed by atoms with van der Waals surface area (Å²) < 4.78 is 5.75. The van der Waals surface area contributed by atoms with Crippen molar-refractivity contribution >= 4 is 0 Å². The van der Waals surface area contributed by atoms with E-state index >= 15 is 0 Å². The molecule has 3 rings (SSSR count). The van der Waals surface area contributed by atoms with Crippen LogP contribution in [-0.2, 0) is 10.4 Å². The lowest BCUT2D eigenvalue weighted by atomic mass is 9.77. The standard InChI is InChI=1S/C12H15NO2/c1-8-10-7-14-11-6-4-3-5-9(11)12(10,2)13-15-8/h3-6,8,10,13H,7H2,1-2H3/t8-,10-,12-/m0/s1. The molecule has 0 bridgehead atoms. The number of fused-ring (bicyclic) bond motifs is 3. The Morgan fingerprint density at radius 2 is 2.20 bits per heavy atom. The second kappa shape index (κ2) is 2.97. The third-order valence-electron chi connectivity index (χ3n) is 3.63. The number of hydroxylamine groups is 1. The van der Waals surface area contributed by atoms with E-state index in [1.165, 1.54) is 5.56 Å². The molecule has 80 valence electrons. The molecule has 3 atom stereocenters. The topological polar surface area (TPSA) is 30.5 Å². The van der Waals surface area contributed by atoms with Crippen molar-refractivity contribution in [1.82, 2.24) is 5.48 Å². The number of hydrogen-bond donors (Lipinski definition) is 1. The zero-order valence-corrected chi connectivity index (χ0v) is 8.99. The monoisotopic (exact) mass is 205 g/mol. The predicted octanol–water partition coefficient (Wildman–Crippen LogP) is 1.83. The molecule has 0 spiro atoms. The van der Waals surface area contributed by atoms with Crippen molar-refractivity contribution in [2.45, 2.75) is 25.5 Å². The van der Waals surface area contributed by atoms with Gasteiger partial charge in [0.2, 0.25) is 0 Å². The van der Waals surface area contributed by atoms with Crippen LogP contribution in [-0.4, -0.2) is 12.7 Å². The Kier molecular flexibility index (Phi) is 1.82. The highest BCUT2D eigenvalue weighted by Gasteiger charge is 2.49. The molecule has 2 aliphatic heterocycles. The summed E-state index contributed by atoms with van der Waals surface area (Å²) in [4.78, 5) is 5.53. The molecule has 1 aromatic rings. The van der Waals surface area contributed by atoms with Gasteiger partial charge in [-0.2, -0.15) is 5.48 Å². The van der Waals surface area contributed by atoms with E-state index in [2.05, 4.69) is 25.4 Å². The molecule has 0 aromatic heterocycles. The van der Waals surface area contributed by atoms with Gasteiger partial charge in [-0.3, -0.25) is 4.84 Å². The van der Waals surface area contributed by atoms with Crippen molar-refractivity contribution < 1.29 is 9.57 Å². The summed E-state index contributed by atoms with van der Waals surface area (Å²) in [5.74, 6) is 1.36. The maximum atomic E-state index is 5.75. The zero-order chi connectivity index (χ0) is 10.5. The third kappa shape index (κ3) is 1.13. The van der Waals surface area contributed by atoms with Crippen LogP contribution in [0.3, 0.4) is 0 Å². The third-order valence-corrected chi connectivity index (χ3v) is 3.63. The van der Waals surface area contributed by atoms with Crippen LogP contribution in [0, 0.1) is 5.92 Å². The molecule has 0 radical (unpaired) electrons. The van der Waals surface area contributed by atoms with E-state index in [0.29, 0.717) is 5.92 Å². The van der Waals surface area contributed by atoms with E-state index in [0.717, 1.165) is 12.4 Å². The molecule has 2 aliphatic rings. The highest BCUT2D eigenvalue weighted by molar-refractivity contribution is 5.41. The molecule has 1 saturated heterocycles. The molecule has 0 saturated carbocycles. The minimum Gasteiger partial charge on any atom is -0.493 e. The summed E-state index contributed by atoms with van der Waals surface area (Å²) in [6.07, 6.45) is 0.198. The summed E-state index contributed by atoms with van der Waals surface area (Å²) in [6.45, 7) is 4.99. The molecule has 2 heterocycles. The van der Waals surface area contributed by atoms with Gasteiger partial charge in [0, 0.05) is 11.5 Å². The van der Waals surface area contributed by atoms with E-state index in [9.17, 15) is 0 Å². The number of ether oxygens (including phenoxy) is 1. The van der Waals surface area contributed by atoms with Crippen molar-refractivity contribution in [2.24, 2.45) is 5.92 Å². The summed E-state index contributed by atoms with van der Waals surface area (Å²) in [7, 11) is 0. The number of para-hydroxylation sites is 1. The molecule has 1 fully saturated rings. The fourth-order valence-corrected chi connectivity index (χ4v) is 2.60. The Morgan fingerprint density at radius 3 is 3.07 bits per heavy atom. The van der Waals surface area contributed by atoms with Gasteiger partial charge in [-0.25, -0.2) is 0 Å². The Hall–Kier alpha value is -1.06. The molecule has 3 heteroatoms. The van der Waals surface area contributed by atoms with E-state index in [1.807, 2.05) is 18.2 Å². The van der Waals surface area contributed by atoms with Gasteiger partial charge in [0.15, 0.2) is 0 Å². The molecule has 1 N–H and O–H groups in total. The Bertz CT molecular complexity index is 393. The van der Waals surface area contributed by atoms with Gasteiger partial charge in [-0.05, 0) is 19.9 Å². The van der Waals surface area contributed by atoms with Crippen molar-refractivity contribution in [3.05, 3.63) is 29.8 Å². The van der Waals surface area contributed by atoms with Crippen molar-refractivity contribution in [1.29, 1.82) is 0 Å². The normalized spacial score (nSPS) is 38.0. The van der Waals surface area contributed by atoms with Crippen LogP contribution in [0.2, 0.25) is 0 Å². The quantitative estimate of drug-likeness (QED) is 0.701. The minimum atomic E-state index is -0.103. The first-order chi connectivity index (χ1) is 7.22. The fraction of sp³-hybridized carbons (Fsp3) is 0.500. The van der Waals surface area contributed by atoms with Gasteiger partial charge in [0.05, 0.1) is 18.2 Å². The molecule has 1 aromatic carbocycles. The molecule has 0 amide bonds. The van der Waals surface area contributed by atoms with Gasteiger partial charge in [-0.15, -0.1) is 0 Å². The number of nitrogens with one attached hydrogen (secondary N) is 1. The maximum absolute atomic E-state index is 5.75. The first kappa shape index (κ1) is 9.19. The van der Waals surface area contributed by atoms with Crippen LogP contribution in [0.15, 0.2) is 24.3 Å². The van der Waals surface area contributed by atoms with Crippen LogP contribution in [0.5, 0.6) is 5.75 Å². The van der Waals surface area contributed by atoms with Crippen LogP contribution >= 0.6 is 0 Å². The molecule has 0 aliphatic carbocycles. The maximum Gasteiger partial charge on any atom is 0.124 e. The second-order valence-corrected chi connectivity index (χ2v) is 4.54. The van der Waals surface area contributed by atoms with Crippen molar-refractivity contribution in [3.8, 4) is 5.75 Å². The van der Waals surface area contributed by atoms with Gasteiger partial charge >= 0.3 is 0 Å². The SMILES string of the molecule is C[C@@H]1ON[C@@]2(C)c3ccccc3OC[C@@H]12. The molecule has 0 unspecified atom stereocenters. The first-order valence-corrected chi connectivity index (χ1v) is 5.37. The summed E-state index contributed by atoms with van der Waals surface area (Å²) in [6, 6.07) is 8.17. The average molecular weight is 205 g/mol. The number of rotatable bonds is 0. The molecule has 3 nitrogen and oxygen atoms in total. The average Bonchev–Trinajstić information content (AvgIpc) is 2.56. The lowest BCUT2D eigenvalue weighted by molar-refractivity contribution is 0.0197. The van der Waals surface area contributed by atoms with E-state index < -0.39 is 0 Å². The highest BCUT2D eigenvalue weighted by atomic mass is 16.7. The van der Waals surface area contributed by atoms with E-state index in [1.54, 1.807) is 0 Å². The van der Waals surface area contributed by atoms with Gasteiger partial charge < -0.3 is 4.74 Å². The van der Waals surface area contributed by atoms with E-state index in [4.69, 9.17) is 9.57 Å².